The number of nitrogens with zero attached hydrogens (tertiary/aromatic N) is 1. The Labute approximate surface area is 164 Å². The molecule has 1 aliphatic heterocycles. The summed E-state index contributed by atoms with van der Waals surface area (Å²) in [5.41, 5.74) is -0.565. The van der Waals surface area contributed by atoms with Crippen molar-refractivity contribution in [2.75, 3.05) is 20.4 Å². The molecule has 0 spiro atoms. The van der Waals surface area contributed by atoms with E-state index < -0.39 is 17.7 Å². The average molecular weight is 393 g/mol. The predicted molar refractivity (Wildman–Crippen MR) is 100 cm³/mol. The fraction of sp³-hybridized carbons (Fsp3) is 0.550. The number of carbonyl (C=O) groups is 3. The van der Waals surface area contributed by atoms with E-state index in [-0.39, 0.29) is 31.1 Å². The van der Waals surface area contributed by atoms with E-state index in [0.717, 1.165) is 0 Å². The lowest BCUT2D eigenvalue weighted by Gasteiger charge is -2.28. The standard InChI is InChI=1S/C20H27NO7/c1-12(2)18(23)28-20(4,5)10-25-19(24)21(6)13(3)17(22)14-7-8-15-16(9-14)27-11-26-15/h7-9,12-13H,10-11H2,1-6H3. The van der Waals surface area contributed by atoms with E-state index >= 15 is 0 Å². The first kappa shape index (κ1) is 21.5. The average Bonchev–Trinajstić information content (AvgIpc) is 3.11. The second-order valence-electron chi connectivity index (χ2n) is 7.61. The van der Waals surface area contributed by atoms with Crippen molar-refractivity contribution in [3.8, 4) is 11.5 Å². The highest BCUT2D eigenvalue weighted by molar-refractivity contribution is 6.01. The number of amides is 1. The monoisotopic (exact) mass is 393 g/mol. The van der Waals surface area contributed by atoms with E-state index in [0.29, 0.717) is 17.1 Å². The van der Waals surface area contributed by atoms with Crippen molar-refractivity contribution >= 4 is 17.8 Å². The molecular formula is C20H27NO7. The van der Waals surface area contributed by atoms with E-state index in [1.54, 1.807) is 52.8 Å². The Morgan fingerprint density at radius 1 is 1.14 bits per heavy atom. The molecule has 0 bridgehead atoms. The van der Waals surface area contributed by atoms with Gasteiger partial charge in [0.15, 0.2) is 17.3 Å². The molecular weight excluding hydrogens is 366 g/mol. The smallest absolute Gasteiger partial charge is 0.410 e. The van der Waals surface area contributed by atoms with Gasteiger partial charge in [0.1, 0.15) is 12.2 Å². The van der Waals surface area contributed by atoms with Gasteiger partial charge < -0.3 is 23.8 Å². The number of likely N-dealkylation sites (N-methyl/N-ethyl adjacent to an activating group) is 1. The van der Waals surface area contributed by atoms with Crippen LogP contribution in [0.15, 0.2) is 18.2 Å². The van der Waals surface area contributed by atoms with Gasteiger partial charge >= 0.3 is 12.1 Å². The summed E-state index contributed by atoms with van der Waals surface area (Å²) in [4.78, 5) is 38.0. The largest absolute Gasteiger partial charge is 0.456 e. The molecule has 1 atom stereocenters. The van der Waals surface area contributed by atoms with Crippen LogP contribution in [0.2, 0.25) is 0 Å². The fourth-order valence-electron chi connectivity index (χ4n) is 2.38. The van der Waals surface area contributed by atoms with Crippen LogP contribution < -0.4 is 9.47 Å². The van der Waals surface area contributed by atoms with Crippen LogP contribution in [0.5, 0.6) is 11.5 Å². The van der Waals surface area contributed by atoms with E-state index in [2.05, 4.69) is 0 Å². The predicted octanol–water partition coefficient (Wildman–Crippen LogP) is 3.03. The second-order valence-corrected chi connectivity index (χ2v) is 7.61. The summed E-state index contributed by atoms with van der Waals surface area (Å²) in [5, 5.41) is 0. The number of ether oxygens (including phenoxy) is 4. The highest BCUT2D eigenvalue weighted by Gasteiger charge is 2.30. The molecule has 1 unspecified atom stereocenters. The van der Waals surface area contributed by atoms with Gasteiger partial charge in [-0.25, -0.2) is 4.79 Å². The van der Waals surface area contributed by atoms with Crippen LogP contribution in [0, 0.1) is 5.92 Å². The van der Waals surface area contributed by atoms with Crippen LogP contribution in [-0.2, 0) is 14.3 Å². The SMILES string of the molecule is CC(C)C(=O)OC(C)(C)COC(=O)N(C)C(C)C(=O)c1ccc2c(c1)OCO2. The minimum absolute atomic E-state index is 0.117. The minimum Gasteiger partial charge on any atom is -0.456 e. The molecule has 0 aliphatic carbocycles. The number of esters is 1. The number of ketones is 1. The Morgan fingerprint density at radius 2 is 1.79 bits per heavy atom. The fourth-order valence-corrected chi connectivity index (χ4v) is 2.38. The number of Topliss-reactive ketones (excluding diaryl/α,β-unsaturated/α-hetero) is 1. The Morgan fingerprint density at radius 3 is 2.43 bits per heavy atom. The lowest BCUT2D eigenvalue weighted by molar-refractivity contribution is -0.164. The maximum absolute atomic E-state index is 12.7. The Bertz CT molecular complexity index is 757. The Kier molecular flexibility index (Phi) is 6.53. The molecule has 154 valence electrons. The minimum atomic E-state index is -0.970. The topological polar surface area (TPSA) is 91.4 Å². The number of carbonyl (C=O) groups excluding carboxylic acids is 3. The van der Waals surface area contributed by atoms with Crippen molar-refractivity contribution in [1.82, 2.24) is 4.90 Å². The quantitative estimate of drug-likeness (QED) is 0.519. The third-order valence-electron chi connectivity index (χ3n) is 4.30. The van der Waals surface area contributed by atoms with Crippen LogP contribution in [0.4, 0.5) is 4.79 Å². The maximum atomic E-state index is 12.7. The lowest BCUT2D eigenvalue weighted by atomic mass is 10.0. The molecule has 1 amide bonds. The summed E-state index contributed by atoms with van der Waals surface area (Å²) in [5.74, 6) is 0.160. The zero-order chi connectivity index (χ0) is 21.1. The van der Waals surface area contributed by atoms with Gasteiger partial charge in [-0.1, -0.05) is 13.8 Å². The van der Waals surface area contributed by atoms with Gasteiger partial charge in [0.25, 0.3) is 0 Å². The molecule has 1 aromatic rings. The molecule has 0 radical (unpaired) electrons. The van der Waals surface area contributed by atoms with Crippen molar-refractivity contribution in [3.05, 3.63) is 23.8 Å². The molecule has 28 heavy (non-hydrogen) atoms. The molecule has 0 aromatic heterocycles. The van der Waals surface area contributed by atoms with Crippen LogP contribution in [-0.4, -0.2) is 54.8 Å². The summed E-state index contributed by atoms with van der Waals surface area (Å²) in [6.07, 6.45) is -0.685. The number of hydrogen-bond acceptors (Lipinski definition) is 7. The first-order valence-corrected chi connectivity index (χ1v) is 9.08. The van der Waals surface area contributed by atoms with Crippen molar-refractivity contribution in [2.24, 2.45) is 5.92 Å². The van der Waals surface area contributed by atoms with Crippen molar-refractivity contribution in [3.63, 3.8) is 0 Å². The third-order valence-corrected chi connectivity index (χ3v) is 4.30. The van der Waals surface area contributed by atoms with Crippen LogP contribution in [0.25, 0.3) is 0 Å². The first-order valence-electron chi connectivity index (χ1n) is 9.08. The van der Waals surface area contributed by atoms with Crippen LogP contribution in [0.1, 0.15) is 45.0 Å². The van der Waals surface area contributed by atoms with Crippen LogP contribution >= 0.6 is 0 Å². The lowest BCUT2D eigenvalue weighted by Crippen LogP contribution is -2.43. The zero-order valence-electron chi connectivity index (χ0n) is 17.1. The van der Waals surface area contributed by atoms with Crippen molar-refractivity contribution < 1.29 is 33.3 Å². The normalized spacial score (nSPS) is 13.8. The Balaban J connectivity index is 1.94. The number of hydrogen-bond donors (Lipinski definition) is 0. The second kappa shape index (κ2) is 8.50. The van der Waals surface area contributed by atoms with Crippen LogP contribution in [0.3, 0.4) is 0 Å². The molecule has 0 saturated heterocycles. The highest BCUT2D eigenvalue weighted by Crippen LogP contribution is 2.33. The molecule has 1 aliphatic rings. The highest BCUT2D eigenvalue weighted by atomic mass is 16.7. The summed E-state index contributed by atoms with van der Waals surface area (Å²) in [6.45, 7) is 8.36. The van der Waals surface area contributed by atoms with Gasteiger partial charge in [-0.15, -0.1) is 0 Å². The van der Waals surface area contributed by atoms with Gasteiger partial charge in [0.2, 0.25) is 6.79 Å². The zero-order valence-corrected chi connectivity index (χ0v) is 17.1. The molecule has 8 heteroatoms. The number of fused-ring (bicyclic) bond motifs is 1. The van der Waals surface area contributed by atoms with E-state index in [9.17, 15) is 14.4 Å². The van der Waals surface area contributed by atoms with Gasteiger partial charge in [-0.05, 0) is 39.0 Å². The first-order chi connectivity index (χ1) is 13.0. The number of rotatable bonds is 7. The Hall–Kier alpha value is -2.77. The molecule has 1 heterocycles. The van der Waals surface area contributed by atoms with Gasteiger partial charge in [0, 0.05) is 12.6 Å². The third kappa shape index (κ3) is 5.15. The summed E-state index contributed by atoms with van der Waals surface area (Å²) < 4.78 is 21.1. The summed E-state index contributed by atoms with van der Waals surface area (Å²) in [7, 11) is 1.48. The number of benzene rings is 1. The molecule has 8 nitrogen and oxygen atoms in total. The molecule has 0 fully saturated rings. The van der Waals surface area contributed by atoms with E-state index in [1.807, 2.05) is 0 Å². The van der Waals surface area contributed by atoms with E-state index in [1.165, 1.54) is 11.9 Å². The summed E-state index contributed by atoms with van der Waals surface area (Å²) >= 11 is 0. The molecule has 2 rings (SSSR count). The van der Waals surface area contributed by atoms with E-state index in [4.69, 9.17) is 18.9 Å². The van der Waals surface area contributed by atoms with Gasteiger partial charge in [0.05, 0.1) is 12.0 Å². The van der Waals surface area contributed by atoms with Gasteiger partial charge in [-0.2, -0.15) is 0 Å². The van der Waals surface area contributed by atoms with Crippen molar-refractivity contribution in [2.45, 2.75) is 46.3 Å². The molecule has 0 N–H and O–H groups in total. The molecule has 1 aromatic carbocycles. The van der Waals surface area contributed by atoms with Crippen molar-refractivity contribution in [1.29, 1.82) is 0 Å². The summed E-state index contributed by atoms with van der Waals surface area (Å²) in [6, 6.07) is 4.12. The maximum Gasteiger partial charge on any atom is 0.410 e. The van der Waals surface area contributed by atoms with Gasteiger partial charge in [-0.3, -0.25) is 9.59 Å². The molecule has 0 saturated carbocycles.